The fraction of sp³-hybridized carbons (Fsp3) is 0.500. The maximum atomic E-state index is 11.3. The Morgan fingerprint density at radius 1 is 1.28 bits per heavy atom. The van der Waals surface area contributed by atoms with E-state index in [-0.39, 0.29) is 18.1 Å². The number of anilines is 1. The van der Waals surface area contributed by atoms with E-state index in [1.165, 1.54) is 0 Å². The van der Waals surface area contributed by atoms with Gasteiger partial charge in [0.05, 0.1) is 6.10 Å². The second-order valence-corrected chi connectivity index (χ2v) is 5.02. The molecule has 2 N–H and O–H groups in total. The molecule has 1 aromatic carbocycles. The zero-order valence-electron chi connectivity index (χ0n) is 10.2. The Balaban J connectivity index is 1.76. The summed E-state index contributed by atoms with van der Waals surface area (Å²) in [7, 11) is 0. The highest BCUT2D eigenvalue weighted by Crippen LogP contribution is 2.30. The van der Waals surface area contributed by atoms with E-state index in [1.54, 1.807) is 0 Å². The summed E-state index contributed by atoms with van der Waals surface area (Å²) >= 11 is 0. The molecule has 1 aliphatic heterocycles. The standard InChI is InChI=1S/C14H17NO3/c16-12-2-1-3-13(12)18-10-5-6-11-9(8-10)4-7-14(17)15-11/h5-6,8,12-13,16H,1-4,7H2,(H,15,17). The molecule has 2 unspecified atom stereocenters. The molecule has 2 atom stereocenters. The third-order valence-electron chi connectivity index (χ3n) is 3.68. The van der Waals surface area contributed by atoms with Gasteiger partial charge in [-0.25, -0.2) is 0 Å². The Bertz CT molecular complexity index is 472. The van der Waals surface area contributed by atoms with Gasteiger partial charge in [-0.05, 0) is 49.4 Å². The van der Waals surface area contributed by atoms with E-state index in [1.807, 2.05) is 18.2 Å². The Morgan fingerprint density at radius 3 is 2.94 bits per heavy atom. The highest BCUT2D eigenvalue weighted by molar-refractivity contribution is 5.93. The largest absolute Gasteiger partial charge is 0.488 e. The van der Waals surface area contributed by atoms with Crippen molar-refractivity contribution in [3.8, 4) is 5.75 Å². The van der Waals surface area contributed by atoms with Gasteiger partial charge in [0.1, 0.15) is 11.9 Å². The second kappa shape index (κ2) is 4.61. The van der Waals surface area contributed by atoms with Crippen LogP contribution >= 0.6 is 0 Å². The lowest BCUT2D eigenvalue weighted by atomic mass is 10.0. The van der Waals surface area contributed by atoms with Crippen LogP contribution in [0.5, 0.6) is 5.75 Å². The molecule has 0 spiro atoms. The predicted octanol–water partition coefficient (Wildman–Crippen LogP) is 1.86. The first kappa shape index (κ1) is 11.5. The molecule has 1 heterocycles. The molecular formula is C14H17NO3. The van der Waals surface area contributed by atoms with E-state index in [0.717, 1.165) is 42.7 Å². The SMILES string of the molecule is O=C1CCc2cc(OC3CCCC3O)ccc2N1. The number of ether oxygens (including phenoxy) is 1. The van der Waals surface area contributed by atoms with Crippen molar-refractivity contribution in [2.75, 3.05) is 5.32 Å². The molecule has 96 valence electrons. The zero-order valence-corrected chi connectivity index (χ0v) is 10.2. The predicted molar refractivity (Wildman–Crippen MR) is 67.7 cm³/mol. The van der Waals surface area contributed by atoms with E-state index >= 15 is 0 Å². The second-order valence-electron chi connectivity index (χ2n) is 5.02. The first-order valence-electron chi connectivity index (χ1n) is 6.50. The highest BCUT2D eigenvalue weighted by atomic mass is 16.5. The van der Waals surface area contributed by atoms with Crippen LogP contribution in [0.25, 0.3) is 0 Å². The monoisotopic (exact) mass is 247 g/mol. The third-order valence-corrected chi connectivity index (χ3v) is 3.68. The van der Waals surface area contributed by atoms with Crippen molar-refractivity contribution in [2.45, 2.75) is 44.3 Å². The van der Waals surface area contributed by atoms with Gasteiger partial charge < -0.3 is 15.2 Å². The average molecular weight is 247 g/mol. The van der Waals surface area contributed by atoms with E-state index < -0.39 is 0 Å². The molecule has 1 aromatic rings. The molecule has 1 aliphatic carbocycles. The van der Waals surface area contributed by atoms with Gasteiger partial charge in [0, 0.05) is 12.1 Å². The quantitative estimate of drug-likeness (QED) is 0.838. The van der Waals surface area contributed by atoms with Crippen LogP contribution in [0.3, 0.4) is 0 Å². The minimum atomic E-state index is -0.347. The summed E-state index contributed by atoms with van der Waals surface area (Å²) in [5, 5.41) is 12.6. The normalized spacial score (nSPS) is 26.6. The van der Waals surface area contributed by atoms with Crippen LogP contribution in [0.4, 0.5) is 5.69 Å². The minimum Gasteiger partial charge on any atom is -0.488 e. The highest BCUT2D eigenvalue weighted by Gasteiger charge is 2.27. The number of rotatable bonds is 2. The van der Waals surface area contributed by atoms with E-state index in [0.29, 0.717) is 6.42 Å². The molecule has 0 bridgehead atoms. The lowest BCUT2D eigenvalue weighted by Crippen LogP contribution is -2.26. The lowest BCUT2D eigenvalue weighted by molar-refractivity contribution is -0.116. The first-order chi connectivity index (χ1) is 8.72. The molecule has 0 saturated heterocycles. The number of fused-ring (bicyclic) bond motifs is 1. The number of nitrogens with one attached hydrogen (secondary N) is 1. The first-order valence-corrected chi connectivity index (χ1v) is 6.50. The van der Waals surface area contributed by atoms with Crippen LogP contribution in [0.2, 0.25) is 0 Å². The van der Waals surface area contributed by atoms with Gasteiger partial charge in [-0.15, -0.1) is 0 Å². The Kier molecular flexibility index (Phi) is 2.96. The van der Waals surface area contributed by atoms with Crippen LogP contribution in [0.1, 0.15) is 31.2 Å². The van der Waals surface area contributed by atoms with Crippen molar-refractivity contribution in [2.24, 2.45) is 0 Å². The zero-order chi connectivity index (χ0) is 12.5. The molecule has 1 amide bonds. The van der Waals surface area contributed by atoms with Crippen LogP contribution in [-0.2, 0) is 11.2 Å². The van der Waals surface area contributed by atoms with Crippen LogP contribution in [-0.4, -0.2) is 23.2 Å². The van der Waals surface area contributed by atoms with E-state index in [2.05, 4.69) is 5.32 Å². The molecule has 1 fully saturated rings. The summed E-state index contributed by atoms with van der Waals surface area (Å²) < 4.78 is 5.82. The van der Waals surface area contributed by atoms with Gasteiger partial charge in [-0.2, -0.15) is 0 Å². The number of amides is 1. The van der Waals surface area contributed by atoms with Gasteiger partial charge >= 0.3 is 0 Å². The number of carbonyl (C=O) groups is 1. The molecule has 1 saturated carbocycles. The number of hydrogen-bond acceptors (Lipinski definition) is 3. The van der Waals surface area contributed by atoms with E-state index in [4.69, 9.17) is 4.74 Å². The Labute approximate surface area is 106 Å². The number of benzene rings is 1. The molecule has 3 rings (SSSR count). The summed E-state index contributed by atoms with van der Waals surface area (Å²) in [6.45, 7) is 0. The van der Waals surface area contributed by atoms with Crippen molar-refractivity contribution in [3.63, 3.8) is 0 Å². The number of carbonyl (C=O) groups excluding carboxylic acids is 1. The topological polar surface area (TPSA) is 58.6 Å². The molecule has 0 aromatic heterocycles. The van der Waals surface area contributed by atoms with Gasteiger partial charge in [0.15, 0.2) is 0 Å². The Hall–Kier alpha value is -1.55. The average Bonchev–Trinajstić information content (AvgIpc) is 2.75. The maximum Gasteiger partial charge on any atom is 0.224 e. The van der Waals surface area contributed by atoms with Gasteiger partial charge in [0.25, 0.3) is 0 Å². The lowest BCUT2D eigenvalue weighted by Gasteiger charge is -2.20. The van der Waals surface area contributed by atoms with Crippen molar-refractivity contribution in [1.82, 2.24) is 0 Å². The molecule has 4 heteroatoms. The van der Waals surface area contributed by atoms with Gasteiger partial charge in [-0.3, -0.25) is 4.79 Å². The summed E-state index contributed by atoms with van der Waals surface area (Å²) in [5.74, 6) is 0.859. The molecule has 0 radical (unpaired) electrons. The number of aliphatic hydroxyl groups is 1. The summed E-state index contributed by atoms with van der Waals surface area (Å²) in [5.41, 5.74) is 1.99. The summed E-state index contributed by atoms with van der Waals surface area (Å²) in [6.07, 6.45) is 3.61. The molecular weight excluding hydrogens is 230 g/mol. The fourth-order valence-corrected chi connectivity index (χ4v) is 2.65. The van der Waals surface area contributed by atoms with Crippen molar-refractivity contribution in [3.05, 3.63) is 23.8 Å². The third kappa shape index (κ3) is 2.20. The number of aryl methyl sites for hydroxylation is 1. The van der Waals surface area contributed by atoms with Crippen molar-refractivity contribution >= 4 is 11.6 Å². The van der Waals surface area contributed by atoms with Crippen molar-refractivity contribution in [1.29, 1.82) is 0 Å². The number of aliphatic hydroxyl groups excluding tert-OH is 1. The maximum absolute atomic E-state index is 11.3. The molecule has 4 nitrogen and oxygen atoms in total. The van der Waals surface area contributed by atoms with Gasteiger partial charge in [0.2, 0.25) is 5.91 Å². The summed E-state index contributed by atoms with van der Waals surface area (Å²) in [6, 6.07) is 5.71. The molecule has 2 aliphatic rings. The van der Waals surface area contributed by atoms with Crippen LogP contribution in [0, 0.1) is 0 Å². The van der Waals surface area contributed by atoms with Crippen molar-refractivity contribution < 1.29 is 14.6 Å². The smallest absolute Gasteiger partial charge is 0.224 e. The van der Waals surface area contributed by atoms with Gasteiger partial charge in [-0.1, -0.05) is 0 Å². The fourth-order valence-electron chi connectivity index (χ4n) is 2.65. The van der Waals surface area contributed by atoms with Crippen LogP contribution < -0.4 is 10.1 Å². The summed E-state index contributed by atoms with van der Waals surface area (Å²) in [4.78, 5) is 11.3. The number of hydrogen-bond donors (Lipinski definition) is 2. The molecule has 18 heavy (non-hydrogen) atoms. The van der Waals surface area contributed by atoms with E-state index in [9.17, 15) is 9.90 Å². The van der Waals surface area contributed by atoms with Crippen LogP contribution in [0.15, 0.2) is 18.2 Å². The minimum absolute atomic E-state index is 0.0717. The Morgan fingerprint density at radius 2 is 2.17 bits per heavy atom.